The first-order valence-electron chi connectivity index (χ1n) is 20.0. The lowest BCUT2D eigenvalue weighted by Gasteiger charge is -2.49. The summed E-state index contributed by atoms with van der Waals surface area (Å²) in [7, 11) is 0. The van der Waals surface area contributed by atoms with E-state index in [1.807, 2.05) is 30.3 Å². The average molecular weight is 793 g/mol. The molecule has 9 rings (SSSR count). The standard InChI is InChI=1S/C43H46ClFN8O4/c1-27-22-43(26-52(27)31-6-8-37(46-2)35(44)20-31)11-13-49(14-12-43)30-4-3-28(36(45)21-30)23-48-15-17-50(18-16-48)32-24-51(25-32)29-5-7-33-34(19-29)42(57)53(41(33)56)38-9-10-39(54)47-40(38)55/h3-8,19-21,27,32,38H,9-18,22-26H2,1H3,(H,47,54,55)/t27-,38?/m0/s1. The van der Waals surface area contributed by atoms with Gasteiger partial charge < -0.3 is 14.7 Å². The van der Waals surface area contributed by atoms with Gasteiger partial charge in [-0.1, -0.05) is 23.7 Å². The summed E-state index contributed by atoms with van der Waals surface area (Å²) in [5, 5.41) is 2.74. The molecule has 2 atom stereocenters. The van der Waals surface area contributed by atoms with Crippen molar-refractivity contribution in [3.05, 3.63) is 93.5 Å². The third-order valence-electron chi connectivity index (χ3n) is 13.3. The van der Waals surface area contributed by atoms with Gasteiger partial charge in [-0.2, -0.15) is 0 Å². The minimum Gasteiger partial charge on any atom is -0.371 e. The van der Waals surface area contributed by atoms with E-state index in [0.717, 1.165) is 106 Å². The first-order chi connectivity index (χ1) is 27.5. The number of carbonyl (C=O) groups is 4. The van der Waals surface area contributed by atoms with Crippen LogP contribution in [0.1, 0.15) is 65.3 Å². The molecular formula is C43H46ClFN8O4. The second-order valence-corrected chi connectivity index (χ2v) is 17.1. The number of halogens is 2. The molecule has 3 aromatic carbocycles. The van der Waals surface area contributed by atoms with Gasteiger partial charge in [0.15, 0.2) is 0 Å². The number of nitrogens with zero attached hydrogens (tertiary/aromatic N) is 7. The summed E-state index contributed by atoms with van der Waals surface area (Å²) in [6.07, 6.45) is 3.42. The molecule has 57 heavy (non-hydrogen) atoms. The highest BCUT2D eigenvalue weighted by Crippen LogP contribution is 2.46. The Morgan fingerprint density at radius 3 is 2.26 bits per heavy atom. The van der Waals surface area contributed by atoms with Gasteiger partial charge in [0.1, 0.15) is 11.9 Å². The second kappa shape index (κ2) is 14.7. The van der Waals surface area contributed by atoms with Gasteiger partial charge in [-0.05, 0) is 80.5 Å². The van der Waals surface area contributed by atoms with Crippen LogP contribution >= 0.6 is 11.6 Å². The fourth-order valence-corrected chi connectivity index (χ4v) is 10.2. The third-order valence-corrected chi connectivity index (χ3v) is 13.6. The zero-order valence-corrected chi connectivity index (χ0v) is 32.8. The van der Waals surface area contributed by atoms with E-state index < -0.39 is 29.7 Å². The summed E-state index contributed by atoms with van der Waals surface area (Å²) in [4.78, 5) is 66.7. The Morgan fingerprint density at radius 1 is 0.860 bits per heavy atom. The van der Waals surface area contributed by atoms with E-state index >= 15 is 4.39 Å². The molecule has 3 aromatic rings. The number of anilines is 3. The van der Waals surface area contributed by atoms with Crippen molar-refractivity contribution in [1.82, 2.24) is 20.0 Å². The van der Waals surface area contributed by atoms with Gasteiger partial charge in [0.05, 0.1) is 17.7 Å². The van der Waals surface area contributed by atoms with Crippen LogP contribution < -0.4 is 20.0 Å². The maximum atomic E-state index is 15.6. The van der Waals surface area contributed by atoms with Crippen LogP contribution in [0.4, 0.5) is 27.1 Å². The van der Waals surface area contributed by atoms with Gasteiger partial charge in [-0.3, -0.25) is 39.2 Å². The number of fused-ring (bicyclic) bond motifs is 1. The molecule has 1 unspecified atom stereocenters. The highest BCUT2D eigenvalue weighted by molar-refractivity contribution is 6.33. The van der Waals surface area contributed by atoms with Crippen molar-refractivity contribution in [2.24, 2.45) is 5.41 Å². The molecule has 0 aliphatic carbocycles. The molecule has 6 aliphatic heterocycles. The number of carbonyl (C=O) groups excluding carboxylic acids is 4. The Kier molecular flexibility index (Phi) is 9.70. The van der Waals surface area contributed by atoms with Crippen LogP contribution in [0.25, 0.3) is 4.85 Å². The molecule has 0 saturated carbocycles. The summed E-state index contributed by atoms with van der Waals surface area (Å²) in [6.45, 7) is 18.0. The van der Waals surface area contributed by atoms with Crippen molar-refractivity contribution in [1.29, 1.82) is 0 Å². The average Bonchev–Trinajstić information content (AvgIpc) is 3.63. The molecule has 0 aromatic heterocycles. The smallest absolute Gasteiger partial charge is 0.262 e. The molecule has 0 bridgehead atoms. The van der Waals surface area contributed by atoms with Crippen LogP contribution in [0.5, 0.6) is 0 Å². The Morgan fingerprint density at radius 2 is 1.56 bits per heavy atom. The molecule has 6 heterocycles. The largest absolute Gasteiger partial charge is 0.371 e. The number of rotatable bonds is 7. The maximum Gasteiger partial charge on any atom is 0.262 e. The quantitative estimate of drug-likeness (QED) is 0.252. The van der Waals surface area contributed by atoms with Crippen LogP contribution in [-0.4, -0.2) is 115 Å². The van der Waals surface area contributed by atoms with Crippen molar-refractivity contribution in [2.75, 3.05) is 73.6 Å². The number of nitrogens with one attached hydrogen (secondary N) is 1. The van der Waals surface area contributed by atoms with E-state index in [2.05, 4.69) is 47.7 Å². The number of hydrogen-bond donors (Lipinski definition) is 1. The van der Waals surface area contributed by atoms with Gasteiger partial charge in [0.25, 0.3) is 11.8 Å². The van der Waals surface area contributed by atoms with Gasteiger partial charge in [-0.25, -0.2) is 9.24 Å². The molecule has 1 spiro atoms. The normalized spacial score (nSPS) is 24.2. The predicted octanol–water partition coefficient (Wildman–Crippen LogP) is 5.32. The SMILES string of the molecule is [C-]#[N+]c1ccc(N2CC3(CCN(c4ccc(CN5CCN(C6CN(c7ccc8c(c7)C(=O)N(C7CCC(=O)NC7=O)C8=O)C6)CC5)c(F)c4)CC3)C[C@@H]2C)cc1Cl. The monoisotopic (exact) mass is 792 g/mol. The summed E-state index contributed by atoms with van der Waals surface area (Å²) in [6, 6.07) is 16.5. The maximum absolute atomic E-state index is 15.6. The lowest BCUT2D eigenvalue weighted by molar-refractivity contribution is -0.136. The van der Waals surface area contributed by atoms with Gasteiger partial charge >= 0.3 is 0 Å². The van der Waals surface area contributed by atoms with Gasteiger partial charge in [0, 0.05) is 112 Å². The zero-order chi connectivity index (χ0) is 39.6. The minimum absolute atomic E-state index is 0.0874. The molecule has 14 heteroatoms. The van der Waals surface area contributed by atoms with E-state index in [4.69, 9.17) is 18.2 Å². The van der Waals surface area contributed by atoms with E-state index in [1.54, 1.807) is 18.2 Å². The van der Waals surface area contributed by atoms with Gasteiger partial charge in [-0.15, -0.1) is 0 Å². The molecule has 5 fully saturated rings. The molecule has 12 nitrogen and oxygen atoms in total. The molecule has 6 aliphatic rings. The molecular weight excluding hydrogens is 747 g/mol. The lowest BCUT2D eigenvalue weighted by atomic mass is 9.76. The summed E-state index contributed by atoms with van der Waals surface area (Å²) >= 11 is 6.38. The predicted molar refractivity (Wildman–Crippen MR) is 215 cm³/mol. The molecule has 4 amide bonds. The Bertz CT molecular complexity index is 2190. The number of piperazine rings is 1. The van der Waals surface area contributed by atoms with Crippen molar-refractivity contribution in [2.45, 2.75) is 63.7 Å². The van der Waals surface area contributed by atoms with E-state index in [9.17, 15) is 19.2 Å². The van der Waals surface area contributed by atoms with E-state index in [1.165, 1.54) is 0 Å². The van der Waals surface area contributed by atoms with Crippen LogP contribution in [0.2, 0.25) is 5.02 Å². The molecule has 5 saturated heterocycles. The lowest BCUT2D eigenvalue weighted by Crippen LogP contribution is -2.63. The summed E-state index contributed by atoms with van der Waals surface area (Å²) < 4.78 is 15.6. The fraction of sp³-hybridized carbons (Fsp3) is 0.465. The summed E-state index contributed by atoms with van der Waals surface area (Å²) in [5.74, 6) is -2.15. The van der Waals surface area contributed by atoms with Crippen molar-refractivity contribution < 1.29 is 23.6 Å². The minimum atomic E-state index is -0.978. The van der Waals surface area contributed by atoms with E-state index in [-0.39, 0.29) is 29.6 Å². The number of imide groups is 2. The van der Waals surface area contributed by atoms with Crippen molar-refractivity contribution in [3.63, 3.8) is 0 Å². The fourth-order valence-electron chi connectivity index (χ4n) is 9.97. The van der Waals surface area contributed by atoms with Gasteiger partial charge in [0.2, 0.25) is 17.5 Å². The molecule has 0 radical (unpaired) electrons. The number of amides is 4. The molecule has 1 N–H and O–H groups in total. The summed E-state index contributed by atoms with van der Waals surface area (Å²) in [5.41, 5.74) is 4.88. The molecule has 296 valence electrons. The number of hydrogen-bond acceptors (Lipinski definition) is 9. The third kappa shape index (κ3) is 6.91. The Hall–Kier alpha value is -5.03. The zero-order valence-electron chi connectivity index (χ0n) is 32.1. The van der Waals surface area contributed by atoms with Crippen LogP contribution in [0, 0.1) is 17.8 Å². The highest BCUT2D eigenvalue weighted by atomic mass is 35.5. The van der Waals surface area contributed by atoms with Crippen LogP contribution in [-0.2, 0) is 16.1 Å². The number of piperidine rings is 2. The van der Waals surface area contributed by atoms with Crippen LogP contribution in [0.3, 0.4) is 0 Å². The Balaban J connectivity index is 0.739. The first kappa shape index (κ1) is 37.5. The topological polar surface area (TPSA) is 104 Å². The second-order valence-electron chi connectivity index (χ2n) is 16.7. The number of benzene rings is 3. The van der Waals surface area contributed by atoms with E-state index in [0.29, 0.717) is 34.9 Å². The van der Waals surface area contributed by atoms with Crippen LogP contribution in [0.15, 0.2) is 54.6 Å². The Labute approximate surface area is 336 Å². The first-order valence-corrected chi connectivity index (χ1v) is 20.4. The highest BCUT2D eigenvalue weighted by Gasteiger charge is 2.46. The van der Waals surface area contributed by atoms with Crippen molar-refractivity contribution in [3.8, 4) is 0 Å². The van der Waals surface area contributed by atoms with Crippen molar-refractivity contribution >= 4 is 58.0 Å².